The van der Waals surface area contributed by atoms with Crippen LogP contribution in [0.3, 0.4) is 0 Å². The Balaban J connectivity index is 2.91. The smallest absolute Gasteiger partial charge is 0.127 e. The third kappa shape index (κ3) is 4.06. The van der Waals surface area contributed by atoms with Crippen molar-refractivity contribution in [1.29, 1.82) is 0 Å². The Morgan fingerprint density at radius 3 is 2.24 bits per heavy atom. The fraction of sp³-hybridized carbons (Fsp3) is 0.571. The summed E-state index contributed by atoms with van der Waals surface area (Å²) in [6.45, 7) is 4.23. The first-order valence-electron chi connectivity index (χ1n) is 6.19. The molecule has 1 atom stereocenters. The standard InChI is InChI=1S/C14H19BrF2/c1-3-5-10(6-4-2)14(15)12-9-11(16)7-8-13(12)17/h7-10,14H,3-6H2,1-2H3. The molecule has 0 aliphatic carbocycles. The largest absolute Gasteiger partial charge is 0.207 e. The van der Waals surface area contributed by atoms with Gasteiger partial charge < -0.3 is 0 Å². The summed E-state index contributed by atoms with van der Waals surface area (Å²) in [5.41, 5.74) is 0.442. The predicted octanol–water partition coefficient (Wildman–Crippen LogP) is 5.62. The minimum absolute atomic E-state index is 0.0990. The lowest BCUT2D eigenvalue weighted by atomic mass is 9.91. The van der Waals surface area contributed by atoms with Gasteiger partial charge in [0.1, 0.15) is 11.6 Å². The van der Waals surface area contributed by atoms with Gasteiger partial charge in [-0.2, -0.15) is 0 Å². The molecule has 96 valence electrons. The van der Waals surface area contributed by atoms with E-state index < -0.39 is 0 Å². The van der Waals surface area contributed by atoms with Gasteiger partial charge in [0.2, 0.25) is 0 Å². The third-order valence-electron chi connectivity index (χ3n) is 2.99. The van der Waals surface area contributed by atoms with E-state index in [-0.39, 0.29) is 16.5 Å². The van der Waals surface area contributed by atoms with E-state index in [1.165, 1.54) is 12.1 Å². The van der Waals surface area contributed by atoms with Crippen LogP contribution in [-0.2, 0) is 0 Å². The number of hydrogen-bond acceptors (Lipinski definition) is 0. The Kier molecular flexibility index (Phi) is 6.10. The first kappa shape index (κ1) is 14.6. The van der Waals surface area contributed by atoms with Gasteiger partial charge in [-0.05, 0) is 37.0 Å². The maximum absolute atomic E-state index is 13.7. The Morgan fingerprint density at radius 2 is 1.71 bits per heavy atom. The lowest BCUT2D eigenvalue weighted by Gasteiger charge is -2.22. The molecule has 0 saturated heterocycles. The van der Waals surface area contributed by atoms with Gasteiger partial charge in [-0.15, -0.1) is 0 Å². The maximum Gasteiger partial charge on any atom is 0.127 e. The van der Waals surface area contributed by atoms with Crippen LogP contribution >= 0.6 is 15.9 Å². The van der Waals surface area contributed by atoms with Crippen molar-refractivity contribution in [2.45, 2.75) is 44.4 Å². The molecule has 0 aliphatic rings. The second kappa shape index (κ2) is 7.10. The lowest BCUT2D eigenvalue weighted by Crippen LogP contribution is -2.09. The zero-order valence-corrected chi connectivity index (χ0v) is 11.9. The van der Waals surface area contributed by atoms with Crippen molar-refractivity contribution in [2.24, 2.45) is 5.92 Å². The molecule has 0 spiro atoms. The minimum Gasteiger partial charge on any atom is -0.207 e. The van der Waals surface area contributed by atoms with Gasteiger partial charge in [0.15, 0.2) is 0 Å². The molecule has 3 heteroatoms. The maximum atomic E-state index is 13.7. The van der Waals surface area contributed by atoms with Gasteiger partial charge in [-0.3, -0.25) is 0 Å². The molecule has 0 saturated carbocycles. The normalized spacial score (nSPS) is 13.1. The van der Waals surface area contributed by atoms with Gasteiger partial charge in [-0.25, -0.2) is 8.78 Å². The molecule has 0 heterocycles. The Bertz CT molecular complexity index is 346. The number of halogens is 3. The summed E-state index contributed by atoms with van der Waals surface area (Å²) in [5, 5.41) is 0. The minimum atomic E-state index is -0.377. The van der Waals surface area contributed by atoms with Gasteiger partial charge in [0.05, 0.1) is 0 Å². The number of benzene rings is 1. The molecule has 0 N–H and O–H groups in total. The molecule has 1 aromatic rings. The Labute approximate surface area is 111 Å². The fourth-order valence-electron chi connectivity index (χ4n) is 2.16. The molecule has 1 aromatic carbocycles. The van der Waals surface area contributed by atoms with Crippen molar-refractivity contribution in [3.05, 3.63) is 35.4 Å². The van der Waals surface area contributed by atoms with Crippen molar-refractivity contribution >= 4 is 15.9 Å². The van der Waals surface area contributed by atoms with Crippen LogP contribution < -0.4 is 0 Å². The molecule has 17 heavy (non-hydrogen) atoms. The van der Waals surface area contributed by atoms with Crippen LogP contribution in [0.4, 0.5) is 8.78 Å². The number of rotatable bonds is 6. The lowest BCUT2D eigenvalue weighted by molar-refractivity contribution is 0.425. The van der Waals surface area contributed by atoms with Crippen molar-refractivity contribution < 1.29 is 8.78 Å². The highest BCUT2D eigenvalue weighted by molar-refractivity contribution is 9.09. The van der Waals surface area contributed by atoms with Crippen molar-refractivity contribution in [1.82, 2.24) is 0 Å². The van der Waals surface area contributed by atoms with E-state index in [9.17, 15) is 8.78 Å². The molecule has 0 aromatic heterocycles. The van der Waals surface area contributed by atoms with Crippen LogP contribution in [0.5, 0.6) is 0 Å². The van der Waals surface area contributed by atoms with Crippen LogP contribution in [0.25, 0.3) is 0 Å². The highest BCUT2D eigenvalue weighted by atomic mass is 79.9. The fourth-order valence-corrected chi connectivity index (χ4v) is 3.04. The zero-order valence-electron chi connectivity index (χ0n) is 10.3. The van der Waals surface area contributed by atoms with Crippen LogP contribution in [0, 0.1) is 17.6 Å². The zero-order chi connectivity index (χ0) is 12.8. The molecule has 0 amide bonds. The van der Waals surface area contributed by atoms with E-state index in [1.807, 2.05) is 0 Å². The second-order valence-electron chi connectivity index (χ2n) is 4.41. The Hall–Kier alpha value is -0.440. The van der Waals surface area contributed by atoms with E-state index in [4.69, 9.17) is 0 Å². The first-order valence-corrected chi connectivity index (χ1v) is 7.10. The van der Waals surface area contributed by atoms with Crippen LogP contribution in [0.2, 0.25) is 0 Å². The average molecular weight is 305 g/mol. The summed E-state index contributed by atoms with van der Waals surface area (Å²) in [7, 11) is 0. The van der Waals surface area contributed by atoms with Crippen LogP contribution in [-0.4, -0.2) is 0 Å². The third-order valence-corrected chi connectivity index (χ3v) is 4.23. The average Bonchev–Trinajstić information content (AvgIpc) is 2.31. The van der Waals surface area contributed by atoms with Gasteiger partial charge in [-0.1, -0.05) is 42.6 Å². The van der Waals surface area contributed by atoms with E-state index in [0.29, 0.717) is 11.5 Å². The topological polar surface area (TPSA) is 0 Å². The number of hydrogen-bond donors (Lipinski definition) is 0. The number of alkyl halides is 1. The summed E-state index contributed by atoms with van der Waals surface area (Å²) >= 11 is 3.53. The van der Waals surface area contributed by atoms with E-state index in [1.54, 1.807) is 0 Å². The van der Waals surface area contributed by atoms with E-state index in [0.717, 1.165) is 31.7 Å². The molecular weight excluding hydrogens is 286 g/mol. The summed E-state index contributed by atoms with van der Waals surface area (Å²) in [6.07, 6.45) is 4.17. The molecular formula is C14H19BrF2. The highest BCUT2D eigenvalue weighted by Crippen LogP contribution is 2.38. The predicted molar refractivity (Wildman–Crippen MR) is 71.3 cm³/mol. The molecule has 0 radical (unpaired) electrons. The van der Waals surface area contributed by atoms with Gasteiger partial charge in [0, 0.05) is 10.4 Å². The Morgan fingerprint density at radius 1 is 1.12 bits per heavy atom. The quantitative estimate of drug-likeness (QED) is 0.599. The molecule has 0 bridgehead atoms. The van der Waals surface area contributed by atoms with Crippen molar-refractivity contribution in [3.8, 4) is 0 Å². The van der Waals surface area contributed by atoms with Gasteiger partial charge in [0.25, 0.3) is 0 Å². The first-order chi connectivity index (χ1) is 8.10. The van der Waals surface area contributed by atoms with Crippen LogP contribution in [0.15, 0.2) is 18.2 Å². The van der Waals surface area contributed by atoms with E-state index in [2.05, 4.69) is 29.8 Å². The highest BCUT2D eigenvalue weighted by Gasteiger charge is 2.22. The van der Waals surface area contributed by atoms with Gasteiger partial charge >= 0.3 is 0 Å². The molecule has 0 fully saturated rings. The monoisotopic (exact) mass is 304 g/mol. The molecule has 1 unspecified atom stereocenters. The molecule has 1 rings (SSSR count). The summed E-state index contributed by atoms with van der Waals surface area (Å²) in [5.74, 6) is -0.343. The van der Waals surface area contributed by atoms with Crippen LogP contribution in [0.1, 0.15) is 49.9 Å². The SMILES string of the molecule is CCCC(CCC)C(Br)c1cc(F)ccc1F. The summed E-state index contributed by atoms with van der Waals surface area (Å²) in [6, 6.07) is 3.66. The molecule has 0 nitrogen and oxygen atoms in total. The molecule has 0 aliphatic heterocycles. The van der Waals surface area contributed by atoms with E-state index >= 15 is 0 Å². The summed E-state index contributed by atoms with van der Waals surface area (Å²) < 4.78 is 26.8. The van der Waals surface area contributed by atoms with Crippen molar-refractivity contribution in [2.75, 3.05) is 0 Å². The second-order valence-corrected chi connectivity index (χ2v) is 5.39. The van der Waals surface area contributed by atoms with Crippen molar-refractivity contribution in [3.63, 3.8) is 0 Å². The summed E-state index contributed by atoms with van der Waals surface area (Å²) in [4.78, 5) is -0.0990.